The van der Waals surface area contributed by atoms with Crippen molar-refractivity contribution in [1.29, 1.82) is 0 Å². The van der Waals surface area contributed by atoms with Crippen LogP contribution in [0.5, 0.6) is 0 Å². The Kier molecular flexibility index (Phi) is 4.79. The van der Waals surface area contributed by atoms with Crippen LogP contribution < -0.4 is 0 Å². The first-order valence-corrected chi connectivity index (χ1v) is 9.92. The fraction of sp³-hybridized carbons (Fsp3) is 1.00. The van der Waals surface area contributed by atoms with Gasteiger partial charge in [0.1, 0.15) is 0 Å². The third-order valence-electron chi connectivity index (χ3n) is 4.18. The molecule has 4 rings (SSSR count). The van der Waals surface area contributed by atoms with Gasteiger partial charge in [0.25, 0.3) is 0 Å². The molecule has 20 heavy (non-hydrogen) atoms. The number of nitrogens with zero attached hydrogens (tertiary/aromatic N) is 1. The van der Waals surface area contributed by atoms with Gasteiger partial charge in [0, 0.05) is 25.7 Å². The third-order valence-corrected chi connectivity index (χ3v) is 7.32. The minimum Gasteiger partial charge on any atom is -0.373 e. The number of fused-ring (bicyclic) bond motifs is 6. The van der Waals surface area contributed by atoms with Gasteiger partial charge in [-0.3, -0.25) is 4.90 Å². The monoisotopic (exact) mass is 301 g/mol. The van der Waals surface area contributed by atoms with Gasteiger partial charge in [-0.05, 0) is 26.7 Å². The second-order valence-corrected chi connectivity index (χ2v) is 8.98. The molecule has 4 fully saturated rings. The summed E-state index contributed by atoms with van der Waals surface area (Å²) in [5.41, 5.74) is 0. The number of epoxide rings is 1. The standard InChI is InChI=1S/C14H27NO4Si/c1-12-9-15-6-7-17-20(18-12,19-13(2)10-15)8-4-3-5-14-11-16-14/h12-14H,3-11H2,1-2H3. The molecule has 0 amide bonds. The van der Waals surface area contributed by atoms with Crippen LogP contribution in [-0.4, -0.2) is 64.9 Å². The van der Waals surface area contributed by atoms with E-state index in [-0.39, 0.29) is 12.2 Å². The molecule has 4 aliphatic rings. The molecular weight excluding hydrogens is 274 g/mol. The zero-order valence-corrected chi connectivity index (χ0v) is 13.7. The molecule has 6 heteroatoms. The van der Waals surface area contributed by atoms with Gasteiger partial charge in [0.2, 0.25) is 0 Å². The smallest absolute Gasteiger partial charge is 0.373 e. The second kappa shape index (κ2) is 6.42. The maximum Gasteiger partial charge on any atom is 0.501 e. The van der Waals surface area contributed by atoms with Crippen molar-refractivity contribution in [2.75, 3.05) is 32.8 Å². The Balaban J connectivity index is 1.58. The lowest BCUT2D eigenvalue weighted by Gasteiger charge is -2.43. The number of hydrogen-bond donors (Lipinski definition) is 0. The van der Waals surface area contributed by atoms with Crippen molar-refractivity contribution in [2.45, 2.75) is 57.5 Å². The summed E-state index contributed by atoms with van der Waals surface area (Å²) in [6.45, 7) is 8.99. The van der Waals surface area contributed by atoms with Crippen LogP contribution in [0.2, 0.25) is 6.04 Å². The predicted molar refractivity (Wildman–Crippen MR) is 77.6 cm³/mol. The molecule has 0 spiro atoms. The molecule has 4 aliphatic heterocycles. The van der Waals surface area contributed by atoms with Gasteiger partial charge < -0.3 is 18.0 Å². The molecule has 0 aromatic heterocycles. The summed E-state index contributed by atoms with van der Waals surface area (Å²) in [7, 11) is -2.47. The number of ether oxygens (including phenoxy) is 1. The fourth-order valence-corrected chi connectivity index (χ4v) is 6.27. The van der Waals surface area contributed by atoms with E-state index in [1.165, 1.54) is 12.8 Å². The highest BCUT2D eigenvalue weighted by molar-refractivity contribution is 6.60. The molecule has 2 bridgehead atoms. The first-order chi connectivity index (χ1) is 9.65. The van der Waals surface area contributed by atoms with Gasteiger partial charge in [-0.15, -0.1) is 0 Å². The molecule has 3 atom stereocenters. The maximum atomic E-state index is 6.26. The van der Waals surface area contributed by atoms with Crippen LogP contribution >= 0.6 is 0 Å². The Morgan fingerprint density at radius 3 is 2.45 bits per heavy atom. The van der Waals surface area contributed by atoms with Crippen LogP contribution in [0, 0.1) is 0 Å². The van der Waals surface area contributed by atoms with Crippen molar-refractivity contribution < 1.29 is 18.0 Å². The summed E-state index contributed by atoms with van der Waals surface area (Å²) < 4.78 is 23.9. The lowest BCUT2D eigenvalue weighted by molar-refractivity contribution is -0.0588. The van der Waals surface area contributed by atoms with E-state index in [9.17, 15) is 0 Å². The van der Waals surface area contributed by atoms with E-state index in [0.29, 0.717) is 6.10 Å². The average Bonchev–Trinajstić information content (AvgIpc) is 3.13. The minimum atomic E-state index is -2.47. The van der Waals surface area contributed by atoms with Crippen LogP contribution in [0.15, 0.2) is 0 Å². The summed E-state index contributed by atoms with van der Waals surface area (Å²) in [6, 6.07) is 0.953. The SMILES string of the molecule is CC1CN2CCO[Si](CCCCC3CO3)(O1)OC(C)C2. The Morgan fingerprint density at radius 1 is 1.10 bits per heavy atom. The van der Waals surface area contributed by atoms with E-state index in [2.05, 4.69) is 18.7 Å². The first-order valence-electron chi connectivity index (χ1n) is 7.99. The first kappa shape index (κ1) is 14.9. The van der Waals surface area contributed by atoms with Crippen molar-refractivity contribution in [3.8, 4) is 0 Å². The molecule has 0 saturated carbocycles. The molecule has 4 heterocycles. The van der Waals surface area contributed by atoms with Gasteiger partial charge in [0.05, 0.1) is 31.5 Å². The molecule has 0 aromatic carbocycles. The second-order valence-electron chi connectivity index (χ2n) is 6.35. The predicted octanol–water partition coefficient (Wildman–Crippen LogP) is 1.65. The molecule has 0 radical (unpaired) electrons. The largest absolute Gasteiger partial charge is 0.501 e. The van der Waals surface area contributed by atoms with Gasteiger partial charge in [-0.25, -0.2) is 0 Å². The molecule has 0 N–H and O–H groups in total. The highest BCUT2D eigenvalue weighted by atomic mass is 28.4. The third kappa shape index (κ3) is 4.02. The quantitative estimate of drug-likeness (QED) is 0.439. The maximum absolute atomic E-state index is 6.26. The van der Waals surface area contributed by atoms with Crippen molar-refractivity contribution in [1.82, 2.24) is 4.90 Å². The van der Waals surface area contributed by atoms with Crippen molar-refractivity contribution >= 4 is 8.80 Å². The number of unbranched alkanes of at least 4 members (excludes halogenated alkanes) is 1. The highest BCUT2D eigenvalue weighted by Gasteiger charge is 2.46. The molecular formula is C14H27NO4Si. The number of rotatable bonds is 5. The van der Waals surface area contributed by atoms with Crippen LogP contribution in [0.25, 0.3) is 0 Å². The zero-order chi connectivity index (χ0) is 14.0. The lowest BCUT2D eigenvalue weighted by Crippen LogP contribution is -2.59. The van der Waals surface area contributed by atoms with E-state index in [0.717, 1.165) is 45.3 Å². The van der Waals surface area contributed by atoms with Crippen molar-refractivity contribution in [3.63, 3.8) is 0 Å². The minimum absolute atomic E-state index is 0.209. The molecule has 3 unspecified atom stereocenters. The number of hydrogen-bond acceptors (Lipinski definition) is 5. The highest BCUT2D eigenvalue weighted by Crippen LogP contribution is 2.28. The normalized spacial score (nSPS) is 44.7. The van der Waals surface area contributed by atoms with Gasteiger partial charge >= 0.3 is 8.80 Å². The van der Waals surface area contributed by atoms with Crippen LogP contribution in [0.3, 0.4) is 0 Å². The Hall–Kier alpha value is 0.0169. The molecule has 4 saturated heterocycles. The molecule has 0 aliphatic carbocycles. The summed E-state index contributed by atoms with van der Waals surface area (Å²) in [5, 5.41) is 0. The molecule has 0 aromatic rings. The van der Waals surface area contributed by atoms with Crippen LogP contribution in [0.1, 0.15) is 33.1 Å². The van der Waals surface area contributed by atoms with Gasteiger partial charge in [0.15, 0.2) is 0 Å². The molecule has 116 valence electrons. The van der Waals surface area contributed by atoms with Crippen LogP contribution in [-0.2, 0) is 18.0 Å². The summed E-state index contributed by atoms with van der Waals surface area (Å²) in [5.74, 6) is 0. The van der Waals surface area contributed by atoms with Gasteiger partial charge in [-0.2, -0.15) is 0 Å². The van der Waals surface area contributed by atoms with Crippen molar-refractivity contribution in [2.24, 2.45) is 0 Å². The average molecular weight is 301 g/mol. The Morgan fingerprint density at radius 2 is 1.80 bits per heavy atom. The zero-order valence-electron chi connectivity index (χ0n) is 12.7. The van der Waals surface area contributed by atoms with E-state index in [1.54, 1.807) is 0 Å². The summed E-state index contributed by atoms with van der Waals surface area (Å²) in [4.78, 5) is 2.39. The lowest BCUT2D eigenvalue weighted by atomic mass is 10.2. The van der Waals surface area contributed by atoms with E-state index in [4.69, 9.17) is 18.0 Å². The van der Waals surface area contributed by atoms with E-state index < -0.39 is 8.80 Å². The summed E-state index contributed by atoms with van der Waals surface area (Å²) >= 11 is 0. The topological polar surface area (TPSA) is 43.5 Å². The van der Waals surface area contributed by atoms with E-state index in [1.807, 2.05) is 0 Å². The Labute approximate surface area is 122 Å². The van der Waals surface area contributed by atoms with Gasteiger partial charge in [-0.1, -0.05) is 6.42 Å². The van der Waals surface area contributed by atoms with Crippen molar-refractivity contribution in [3.05, 3.63) is 0 Å². The van der Waals surface area contributed by atoms with Crippen LogP contribution in [0.4, 0.5) is 0 Å². The fourth-order valence-electron chi connectivity index (χ4n) is 3.24. The Bertz CT molecular complexity index is 312. The van der Waals surface area contributed by atoms with E-state index >= 15 is 0 Å². The molecule has 5 nitrogen and oxygen atoms in total. The summed E-state index contributed by atoms with van der Waals surface area (Å²) in [6.07, 6.45) is 4.42.